The molecule has 0 aromatic heterocycles. The number of aliphatic carboxylic acids is 1. The minimum Gasteiger partial charge on any atom is -0.480 e. The van der Waals surface area contributed by atoms with Gasteiger partial charge in [-0.3, -0.25) is 4.90 Å². The molecule has 2 atom stereocenters. The maximum atomic E-state index is 12.1. The van der Waals surface area contributed by atoms with E-state index in [0.717, 1.165) is 17.9 Å². The Balaban J connectivity index is 2.84. The number of carboxylic acids is 1. The number of carboxylic acid groups (broad SMARTS) is 1. The minimum absolute atomic E-state index is 0.00923. The molecule has 5 nitrogen and oxygen atoms in total. The summed E-state index contributed by atoms with van der Waals surface area (Å²) < 4.78 is 5.30. The SMILES string of the molecule is CCN(C(=O)OC(C)(C)C)C(C(=O)O)C1CCSC1. The number of carbonyl (C=O) groups excluding carboxylic acids is 1. The Kier molecular flexibility index (Phi) is 5.52. The number of carbonyl (C=O) groups is 2. The summed E-state index contributed by atoms with van der Waals surface area (Å²) in [5, 5.41) is 9.42. The summed E-state index contributed by atoms with van der Waals surface area (Å²) in [5.41, 5.74) is -0.613. The Morgan fingerprint density at radius 1 is 1.47 bits per heavy atom. The summed E-state index contributed by atoms with van der Waals surface area (Å²) in [7, 11) is 0. The molecule has 6 heteroatoms. The van der Waals surface area contributed by atoms with E-state index in [2.05, 4.69) is 0 Å². The lowest BCUT2D eigenvalue weighted by molar-refractivity contribution is -0.145. The van der Waals surface area contributed by atoms with E-state index in [9.17, 15) is 14.7 Å². The van der Waals surface area contributed by atoms with E-state index in [4.69, 9.17) is 4.74 Å². The fourth-order valence-electron chi connectivity index (χ4n) is 2.15. The van der Waals surface area contributed by atoms with E-state index >= 15 is 0 Å². The Morgan fingerprint density at radius 3 is 2.47 bits per heavy atom. The monoisotopic (exact) mass is 289 g/mol. The highest BCUT2D eigenvalue weighted by atomic mass is 32.2. The second-order valence-corrected chi connectivity index (χ2v) is 6.82. The minimum atomic E-state index is -0.944. The zero-order chi connectivity index (χ0) is 14.6. The number of amides is 1. The summed E-state index contributed by atoms with van der Waals surface area (Å²) >= 11 is 1.74. The molecule has 110 valence electrons. The van der Waals surface area contributed by atoms with Crippen molar-refractivity contribution in [1.29, 1.82) is 0 Å². The molecule has 0 aromatic carbocycles. The van der Waals surface area contributed by atoms with Gasteiger partial charge in [-0.05, 0) is 45.6 Å². The van der Waals surface area contributed by atoms with Crippen LogP contribution in [-0.2, 0) is 9.53 Å². The molecule has 1 aliphatic rings. The maximum absolute atomic E-state index is 12.1. The van der Waals surface area contributed by atoms with E-state index in [0.29, 0.717) is 6.54 Å². The van der Waals surface area contributed by atoms with Crippen molar-refractivity contribution in [3.8, 4) is 0 Å². The molecule has 0 spiro atoms. The van der Waals surface area contributed by atoms with Gasteiger partial charge in [-0.15, -0.1) is 0 Å². The first-order valence-electron chi connectivity index (χ1n) is 6.56. The molecule has 1 N–H and O–H groups in total. The van der Waals surface area contributed by atoms with Gasteiger partial charge < -0.3 is 9.84 Å². The number of hydrogen-bond acceptors (Lipinski definition) is 4. The van der Waals surface area contributed by atoms with Gasteiger partial charge in [-0.2, -0.15) is 11.8 Å². The van der Waals surface area contributed by atoms with E-state index < -0.39 is 23.7 Å². The molecule has 1 heterocycles. The van der Waals surface area contributed by atoms with E-state index in [1.165, 1.54) is 4.90 Å². The highest BCUT2D eigenvalue weighted by molar-refractivity contribution is 7.99. The number of likely N-dealkylation sites (N-methyl/N-ethyl adjacent to an activating group) is 1. The van der Waals surface area contributed by atoms with Crippen molar-refractivity contribution < 1.29 is 19.4 Å². The second-order valence-electron chi connectivity index (χ2n) is 5.67. The Bertz CT molecular complexity index is 334. The van der Waals surface area contributed by atoms with Crippen molar-refractivity contribution in [2.75, 3.05) is 18.1 Å². The Labute approximate surface area is 118 Å². The predicted octanol–water partition coefficient (Wildman–Crippen LogP) is 2.45. The lowest BCUT2D eigenvalue weighted by atomic mass is 9.98. The summed E-state index contributed by atoms with van der Waals surface area (Å²) in [5.74, 6) is 0.812. The van der Waals surface area contributed by atoms with Gasteiger partial charge in [-0.25, -0.2) is 9.59 Å². The molecule has 0 radical (unpaired) electrons. The number of hydrogen-bond donors (Lipinski definition) is 1. The summed E-state index contributed by atoms with van der Waals surface area (Å²) in [6, 6.07) is -0.783. The molecular formula is C13H23NO4S. The first kappa shape index (κ1) is 16.1. The van der Waals surface area contributed by atoms with Crippen LogP contribution < -0.4 is 0 Å². The molecule has 1 rings (SSSR count). The van der Waals surface area contributed by atoms with Gasteiger partial charge >= 0.3 is 12.1 Å². The van der Waals surface area contributed by atoms with Crippen LogP contribution in [0.4, 0.5) is 4.79 Å². The molecule has 1 aliphatic heterocycles. The van der Waals surface area contributed by atoms with Crippen LogP contribution in [0.2, 0.25) is 0 Å². The largest absolute Gasteiger partial charge is 0.480 e. The third kappa shape index (κ3) is 4.60. The highest BCUT2D eigenvalue weighted by Gasteiger charge is 2.39. The van der Waals surface area contributed by atoms with Gasteiger partial charge in [0, 0.05) is 12.5 Å². The fraction of sp³-hybridized carbons (Fsp3) is 0.846. The van der Waals surface area contributed by atoms with Crippen molar-refractivity contribution in [2.24, 2.45) is 5.92 Å². The molecule has 0 saturated carbocycles. The van der Waals surface area contributed by atoms with Gasteiger partial charge in [0.1, 0.15) is 11.6 Å². The van der Waals surface area contributed by atoms with E-state index in [1.807, 2.05) is 0 Å². The first-order chi connectivity index (χ1) is 8.76. The topological polar surface area (TPSA) is 66.8 Å². The smallest absolute Gasteiger partial charge is 0.411 e. The molecule has 0 aliphatic carbocycles. The van der Waals surface area contributed by atoms with Crippen LogP contribution in [0.5, 0.6) is 0 Å². The molecule has 0 bridgehead atoms. The zero-order valence-corrected chi connectivity index (χ0v) is 12.8. The van der Waals surface area contributed by atoms with E-state index in [-0.39, 0.29) is 5.92 Å². The lowest BCUT2D eigenvalue weighted by Crippen LogP contribution is -2.50. The van der Waals surface area contributed by atoms with Crippen LogP contribution >= 0.6 is 11.8 Å². The number of ether oxygens (including phenoxy) is 1. The third-order valence-corrected chi connectivity index (χ3v) is 4.16. The van der Waals surface area contributed by atoms with E-state index in [1.54, 1.807) is 39.5 Å². The number of thioether (sulfide) groups is 1. The molecular weight excluding hydrogens is 266 g/mol. The highest BCUT2D eigenvalue weighted by Crippen LogP contribution is 2.29. The van der Waals surface area contributed by atoms with Gasteiger partial charge in [0.2, 0.25) is 0 Å². The standard InChI is InChI=1S/C13H23NO4S/c1-5-14(12(17)18-13(2,3)4)10(11(15)16)9-6-7-19-8-9/h9-10H,5-8H2,1-4H3,(H,15,16). The van der Waals surface area contributed by atoms with Crippen molar-refractivity contribution in [2.45, 2.75) is 45.8 Å². The van der Waals surface area contributed by atoms with Crippen molar-refractivity contribution >= 4 is 23.8 Å². The molecule has 1 amide bonds. The average molecular weight is 289 g/mol. The summed E-state index contributed by atoms with van der Waals surface area (Å²) in [6.45, 7) is 7.45. The fourth-order valence-corrected chi connectivity index (χ4v) is 3.44. The van der Waals surface area contributed by atoms with Crippen molar-refractivity contribution in [3.05, 3.63) is 0 Å². The normalized spacial score (nSPS) is 20.9. The number of rotatable bonds is 4. The molecule has 19 heavy (non-hydrogen) atoms. The van der Waals surface area contributed by atoms with Crippen LogP contribution in [0.1, 0.15) is 34.1 Å². The Hall–Kier alpha value is -0.910. The second kappa shape index (κ2) is 6.50. The summed E-state index contributed by atoms with van der Waals surface area (Å²) in [6.07, 6.45) is 0.292. The molecule has 2 unspecified atom stereocenters. The predicted molar refractivity (Wildman–Crippen MR) is 75.5 cm³/mol. The number of nitrogens with zero attached hydrogens (tertiary/aromatic N) is 1. The average Bonchev–Trinajstić information content (AvgIpc) is 2.75. The van der Waals surface area contributed by atoms with Gasteiger partial charge in [-0.1, -0.05) is 0 Å². The third-order valence-electron chi connectivity index (χ3n) is 2.97. The molecule has 1 saturated heterocycles. The van der Waals surface area contributed by atoms with Gasteiger partial charge in [0.15, 0.2) is 0 Å². The maximum Gasteiger partial charge on any atom is 0.411 e. The van der Waals surface area contributed by atoms with Gasteiger partial charge in [0.25, 0.3) is 0 Å². The Morgan fingerprint density at radius 2 is 2.11 bits per heavy atom. The molecule has 0 aromatic rings. The quantitative estimate of drug-likeness (QED) is 0.861. The van der Waals surface area contributed by atoms with Crippen LogP contribution in [0.15, 0.2) is 0 Å². The van der Waals surface area contributed by atoms with Crippen LogP contribution in [0.3, 0.4) is 0 Å². The zero-order valence-electron chi connectivity index (χ0n) is 12.0. The van der Waals surface area contributed by atoms with Crippen molar-refractivity contribution in [3.63, 3.8) is 0 Å². The lowest BCUT2D eigenvalue weighted by Gasteiger charge is -2.33. The van der Waals surface area contributed by atoms with Crippen LogP contribution in [0.25, 0.3) is 0 Å². The van der Waals surface area contributed by atoms with Crippen LogP contribution in [0, 0.1) is 5.92 Å². The summed E-state index contributed by atoms with van der Waals surface area (Å²) in [4.78, 5) is 25.0. The first-order valence-corrected chi connectivity index (χ1v) is 7.72. The van der Waals surface area contributed by atoms with Crippen LogP contribution in [-0.4, -0.2) is 51.8 Å². The van der Waals surface area contributed by atoms with Gasteiger partial charge in [0.05, 0.1) is 0 Å². The van der Waals surface area contributed by atoms with Crippen molar-refractivity contribution in [1.82, 2.24) is 4.90 Å². The molecule has 1 fully saturated rings.